The minimum absolute atomic E-state index is 0.0509. The van der Waals surface area contributed by atoms with Gasteiger partial charge < -0.3 is 9.47 Å². The molecule has 1 rings (SSSR count). The van der Waals surface area contributed by atoms with Gasteiger partial charge in [0.15, 0.2) is 0 Å². The Bertz CT molecular complexity index is 316. The lowest BCUT2D eigenvalue weighted by atomic mass is 9.66. The Hall–Kier alpha value is -0.900. The van der Waals surface area contributed by atoms with Crippen LogP contribution >= 0.6 is 0 Å². The summed E-state index contributed by atoms with van der Waals surface area (Å²) in [5.74, 6) is 0.0741. The van der Waals surface area contributed by atoms with E-state index in [1.807, 2.05) is 6.92 Å². The first kappa shape index (κ1) is 17.2. The highest BCUT2D eigenvalue weighted by atomic mass is 16.5. The number of hydrogen-bond donors (Lipinski definition) is 0. The molecule has 2 atom stereocenters. The Morgan fingerprint density at radius 2 is 2.10 bits per heavy atom. The monoisotopic (exact) mass is 284 g/mol. The number of carbonyl (C=O) groups is 2. The average molecular weight is 284 g/mol. The normalized spacial score (nSPS) is 26.6. The molecule has 4 nitrogen and oxygen atoms in total. The Balaban J connectivity index is 2.52. The van der Waals surface area contributed by atoms with Gasteiger partial charge in [0.25, 0.3) is 0 Å². The molecule has 0 aromatic rings. The molecule has 0 N–H and O–H groups in total. The summed E-state index contributed by atoms with van der Waals surface area (Å²) in [6, 6.07) is 0. The van der Waals surface area contributed by atoms with Crippen LogP contribution in [0.4, 0.5) is 0 Å². The van der Waals surface area contributed by atoms with E-state index in [2.05, 4.69) is 6.92 Å². The maximum absolute atomic E-state index is 12.2. The predicted octanol–water partition coefficient (Wildman–Crippen LogP) is 3.13. The van der Waals surface area contributed by atoms with Crippen LogP contribution in [0.5, 0.6) is 0 Å². The van der Waals surface area contributed by atoms with Crippen LogP contribution in [0.1, 0.15) is 58.8 Å². The van der Waals surface area contributed by atoms with Gasteiger partial charge in [0, 0.05) is 19.6 Å². The molecule has 0 aromatic heterocycles. The van der Waals surface area contributed by atoms with Gasteiger partial charge >= 0.3 is 5.97 Å². The van der Waals surface area contributed by atoms with E-state index in [9.17, 15) is 9.59 Å². The van der Waals surface area contributed by atoms with Gasteiger partial charge in [-0.2, -0.15) is 0 Å². The number of unbranched alkanes of at least 4 members (excludes halogenated alkanes) is 1. The number of carbonyl (C=O) groups excluding carboxylic acids is 2. The highest BCUT2D eigenvalue weighted by Gasteiger charge is 2.48. The Morgan fingerprint density at radius 3 is 2.70 bits per heavy atom. The summed E-state index contributed by atoms with van der Waals surface area (Å²) in [6.45, 7) is 5.56. The van der Waals surface area contributed by atoms with Crippen LogP contribution in [0.2, 0.25) is 0 Å². The molecule has 2 unspecified atom stereocenters. The van der Waals surface area contributed by atoms with Gasteiger partial charge in [-0.3, -0.25) is 9.59 Å². The first-order valence-corrected chi connectivity index (χ1v) is 7.80. The van der Waals surface area contributed by atoms with Crippen molar-refractivity contribution in [1.29, 1.82) is 0 Å². The number of methoxy groups -OCH3 is 1. The lowest BCUT2D eigenvalue weighted by Gasteiger charge is -2.36. The van der Waals surface area contributed by atoms with Crippen LogP contribution in [0, 0.1) is 11.3 Å². The molecule has 0 spiro atoms. The summed E-state index contributed by atoms with van der Waals surface area (Å²) in [7, 11) is 1.37. The van der Waals surface area contributed by atoms with E-state index in [1.165, 1.54) is 7.11 Å². The first-order valence-electron chi connectivity index (χ1n) is 7.80. The predicted molar refractivity (Wildman–Crippen MR) is 77.4 cm³/mol. The van der Waals surface area contributed by atoms with Gasteiger partial charge in [0.1, 0.15) is 11.2 Å². The molecule has 0 amide bonds. The van der Waals surface area contributed by atoms with Crippen molar-refractivity contribution >= 4 is 11.8 Å². The second kappa shape index (κ2) is 8.40. The number of ketones is 1. The van der Waals surface area contributed by atoms with Gasteiger partial charge in [-0.25, -0.2) is 0 Å². The molecular weight excluding hydrogens is 256 g/mol. The SMILES string of the molecule is CCCCOCCC1CCC(=O)C(CC)(C(=O)OC)C1. The zero-order valence-corrected chi connectivity index (χ0v) is 13.1. The van der Waals surface area contributed by atoms with Crippen LogP contribution in [0.3, 0.4) is 0 Å². The second-order valence-corrected chi connectivity index (χ2v) is 5.71. The quantitative estimate of drug-likeness (QED) is 0.390. The Labute approximate surface area is 122 Å². The maximum Gasteiger partial charge on any atom is 0.319 e. The zero-order valence-electron chi connectivity index (χ0n) is 13.1. The Kier molecular flexibility index (Phi) is 7.20. The van der Waals surface area contributed by atoms with Crippen molar-refractivity contribution < 1.29 is 19.1 Å². The fourth-order valence-corrected chi connectivity index (χ4v) is 3.01. The molecule has 116 valence electrons. The average Bonchev–Trinajstić information content (AvgIpc) is 2.48. The smallest absolute Gasteiger partial charge is 0.319 e. The van der Waals surface area contributed by atoms with E-state index in [1.54, 1.807) is 0 Å². The summed E-state index contributed by atoms with van der Waals surface area (Å²) in [6.07, 6.45) is 5.66. The third-order valence-electron chi connectivity index (χ3n) is 4.44. The molecule has 1 aliphatic carbocycles. The Morgan fingerprint density at radius 1 is 1.35 bits per heavy atom. The molecule has 0 bridgehead atoms. The van der Waals surface area contributed by atoms with Crippen molar-refractivity contribution in [3.05, 3.63) is 0 Å². The van der Waals surface area contributed by atoms with Gasteiger partial charge in [-0.1, -0.05) is 20.3 Å². The molecule has 0 radical (unpaired) electrons. The minimum Gasteiger partial charge on any atom is -0.468 e. The third kappa shape index (κ3) is 4.05. The number of Topliss-reactive ketones (excluding diaryl/α,β-unsaturated/α-hetero) is 1. The summed E-state index contributed by atoms with van der Waals surface area (Å²) in [5, 5.41) is 0. The van der Waals surface area contributed by atoms with E-state index in [-0.39, 0.29) is 11.8 Å². The molecule has 1 fully saturated rings. The molecule has 0 aromatic carbocycles. The first-order chi connectivity index (χ1) is 9.60. The highest BCUT2D eigenvalue weighted by Crippen LogP contribution is 2.41. The van der Waals surface area contributed by atoms with E-state index >= 15 is 0 Å². The number of rotatable bonds is 8. The van der Waals surface area contributed by atoms with E-state index in [4.69, 9.17) is 9.47 Å². The fourth-order valence-electron chi connectivity index (χ4n) is 3.01. The van der Waals surface area contributed by atoms with Crippen molar-refractivity contribution in [1.82, 2.24) is 0 Å². The van der Waals surface area contributed by atoms with Gasteiger partial charge in [0.2, 0.25) is 0 Å². The largest absolute Gasteiger partial charge is 0.468 e. The van der Waals surface area contributed by atoms with Crippen LogP contribution < -0.4 is 0 Å². The van der Waals surface area contributed by atoms with Crippen LogP contribution in [0.25, 0.3) is 0 Å². The number of esters is 1. The minimum atomic E-state index is -0.902. The molecule has 20 heavy (non-hydrogen) atoms. The molecule has 0 saturated heterocycles. The number of ether oxygens (including phenoxy) is 2. The van der Waals surface area contributed by atoms with Crippen molar-refractivity contribution in [2.75, 3.05) is 20.3 Å². The van der Waals surface area contributed by atoms with E-state index in [0.717, 1.165) is 38.9 Å². The van der Waals surface area contributed by atoms with Crippen molar-refractivity contribution in [3.63, 3.8) is 0 Å². The van der Waals surface area contributed by atoms with Crippen molar-refractivity contribution in [3.8, 4) is 0 Å². The molecular formula is C16H28O4. The summed E-state index contributed by atoms with van der Waals surface area (Å²) in [5.41, 5.74) is -0.902. The number of hydrogen-bond acceptors (Lipinski definition) is 4. The molecule has 1 aliphatic rings. The maximum atomic E-state index is 12.2. The van der Waals surface area contributed by atoms with Crippen molar-refractivity contribution in [2.45, 2.75) is 58.8 Å². The topological polar surface area (TPSA) is 52.6 Å². The summed E-state index contributed by atoms with van der Waals surface area (Å²) >= 11 is 0. The van der Waals surface area contributed by atoms with Gasteiger partial charge in [-0.05, 0) is 38.0 Å². The summed E-state index contributed by atoms with van der Waals surface area (Å²) in [4.78, 5) is 24.2. The lowest BCUT2D eigenvalue weighted by Crippen LogP contribution is -2.44. The second-order valence-electron chi connectivity index (χ2n) is 5.71. The highest BCUT2D eigenvalue weighted by molar-refractivity contribution is 6.04. The van der Waals surface area contributed by atoms with E-state index in [0.29, 0.717) is 25.2 Å². The van der Waals surface area contributed by atoms with Crippen LogP contribution in [-0.2, 0) is 19.1 Å². The fraction of sp³-hybridized carbons (Fsp3) is 0.875. The van der Waals surface area contributed by atoms with Crippen LogP contribution in [0.15, 0.2) is 0 Å². The van der Waals surface area contributed by atoms with Gasteiger partial charge in [-0.15, -0.1) is 0 Å². The lowest BCUT2D eigenvalue weighted by molar-refractivity contribution is -0.162. The molecule has 1 saturated carbocycles. The third-order valence-corrected chi connectivity index (χ3v) is 4.44. The van der Waals surface area contributed by atoms with Gasteiger partial charge in [0.05, 0.1) is 7.11 Å². The molecule has 4 heteroatoms. The van der Waals surface area contributed by atoms with E-state index < -0.39 is 5.41 Å². The molecule has 0 aliphatic heterocycles. The summed E-state index contributed by atoms with van der Waals surface area (Å²) < 4.78 is 10.5. The van der Waals surface area contributed by atoms with Crippen LogP contribution in [-0.4, -0.2) is 32.1 Å². The standard InChI is InChI=1S/C16H28O4/c1-4-6-10-20-11-9-13-7-8-14(17)16(5-2,12-13)15(18)19-3/h13H,4-12H2,1-3H3. The molecule has 0 heterocycles. The van der Waals surface area contributed by atoms with Crippen molar-refractivity contribution in [2.24, 2.45) is 11.3 Å². The zero-order chi connectivity index (χ0) is 15.0.